The summed E-state index contributed by atoms with van der Waals surface area (Å²) in [6.45, 7) is 5.11. The van der Waals surface area contributed by atoms with Crippen LogP contribution < -0.4 is 0 Å². The number of aromatic nitrogens is 3. The zero-order valence-corrected chi connectivity index (χ0v) is 12.6. The standard InChI is InChI=1S/C12H17ClN4S/c1-12(2,16(3)4)7-17-10-9(15-11(17)18)5-8(13)6-14-10/h5-6H,7H2,1-4H3,(H,15,18). The lowest BCUT2D eigenvalue weighted by Gasteiger charge is -2.32. The first-order valence-corrected chi connectivity index (χ1v) is 6.51. The molecule has 2 aromatic heterocycles. The predicted octanol–water partition coefficient (Wildman–Crippen LogP) is 3.09. The number of pyridine rings is 1. The molecule has 0 saturated heterocycles. The maximum Gasteiger partial charge on any atom is 0.179 e. The van der Waals surface area contributed by atoms with Crippen molar-refractivity contribution in [2.24, 2.45) is 0 Å². The zero-order chi connectivity index (χ0) is 13.5. The van der Waals surface area contributed by atoms with Crippen LogP contribution in [0.3, 0.4) is 0 Å². The molecule has 6 heteroatoms. The van der Waals surface area contributed by atoms with Crippen LogP contribution in [0.5, 0.6) is 0 Å². The van der Waals surface area contributed by atoms with E-state index in [-0.39, 0.29) is 5.54 Å². The summed E-state index contributed by atoms with van der Waals surface area (Å²) in [6, 6.07) is 1.85. The second-order valence-electron chi connectivity index (χ2n) is 5.25. The molecule has 0 aliphatic carbocycles. The number of nitrogens with zero attached hydrogens (tertiary/aromatic N) is 3. The monoisotopic (exact) mass is 284 g/mol. The van der Waals surface area contributed by atoms with Gasteiger partial charge in [0.05, 0.1) is 10.5 Å². The number of hydrogen-bond donors (Lipinski definition) is 1. The van der Waals surface area contributed by atoms with Crippen molar-refractivity contribution in [3.63, 3.8) is 0 Å². The molecule has 4 nitrogen and oxygen atoms in total. The Hall–Kier alpha value is -0.910. The smallest absolute Gasteiger partial charge is 0.179 e. The van der Waals surface area contributed by atoms with E-state index in [1.807, 2.05) is 10.6 Å². The largest absolute Gasteiger partial charge is 0.329 e. The van der Waals surface area contributed by atoms with Gasteiger partial charge in [0.25, 0.3) is 0 Å². The Labute approximate surface area is 117 Å². The highest BCUT2D eigenvalue weighted by Crippen LogP contribution is 2.20. The summed E-state index contributed by atoms with van der Waals surface area (Å²) in [5.41, 5.74) is 1.72. The molecule has 98 valence electrons. The molecule has 1 N–H and O–H groups in total. The molecule has 0 fully saturated rings. The van der Waals surface area contributed by atoms with E-state index in [4.69, 9.17) is 23.8 Å². The molecule has 0 aliphatic rings. The van der Waals surface area contributed by atoms with Gasteiger partial charge in [-0.05, 0) is 46.2 Å². The maximum atomic E-state index is 5.93. The van der Waals surface area contributed by atoms with Gasteiger partial charge in [-0.25, -0.2) is 4.98 Å². The van der Waals surface area contributed by atoms with Crippen LogP contribution in [-0.2, 0) is 6.54 Å². The van der Waals surface area contributed by atoms with Gasteiger partial charge in [-0.1, -0.05) is 11.6 Å². The third-order valence-electron chi connectivity index (χ3n) is 3.33. The number of fused-ring (bicyclic) bond motifs is 1. The molecule has 0 spiro atoms. The summed E-state index contributed by atoms with van der Waals surface area (Å²) in [7, 11) is 4.12. The second kappa shape index (κ2) is 4.64. The lowest BCUT2D eigenvalue weighted by atomic mass is 10.0. The Kier molecular flexibility index (Phi) is 3.49. The first-order valence-electron chi connectivity index (χ1n) is 5.73. The molecule has 2 rings (SSSR count). The Balaban J connectivity index is 2.52. The van der Waals surface area contributed by atoms with Crippen LogP contribution in [0.4, 0.5) is 0 Å². The molecule has 0 radical (unpaired) electrons. The topological polar surface area (TPSA) is 36.9 Å². The quantitative estimate of drug-likeness (QED) is 0.880. The van der Waals surface area contributed by atoms with E-state index in [1.165, 1.54) is 0 Å². The molecular formula is C12H17ClN4S. The van der Waals surface area contributed by atoms with Gasteiger partial charge >= 0.3 is 0 Å². The Morgan fingerprint density at radius 1 is 1.50 bits per heavy atom. The molecule has 0 atom stereocenters. The van der Waals surface area contributed by atoms with Crippen molar-refractivity contribution in [3.8, 4) is 0 Å². The highest BCUT2D eigenvalue weighted by Gasteiger charge is 2.22. The van der Waals surface area contributed by atoms with Crippen LogP contribution in [0.2, 0.25) is 5.02 Å². The Morgan fingerprint density at radius 3 is 2.78 bits per heavy atom. The van der Waals surface area contributed by atoms with Crippen molar-refractivity contribution in [1.82, 2.24) is 19.4 Å². The number of nitrogens with one attached hydrogen (secondary N) is 1. The average molecular weight is 285 g/mol. The lowest BCUT2D eigenvalue weighted by molar-refractivity contribution is 0.170. The van der Waals surface area contributed by atoms with Crippen LogP contribution >= 0.6 is 23.8 Å². The first-order chi connectivity index (χ1) is 8.31. The normalized spacial score (nSPS) is 12.6. The molecule has 0 amide bonds. The third kappa shape index (κ3) is 2.43. The fourth-order valence-corrected chi connectivity index (χ4v) is 2.11. The first kappa shape index (κ1) is 13.5. The van der Waals surface area contributed by atoms with Crippen molar-refractivity contribution in [2.75, 3.05) is 14.1 Å². The van der Waals surface area contributed by atoms with E-state index in [1.54, 1.807) is 6.20 Å². The van der Waals surface area contributed by atoms with Crippen molar-refractivity contribution >= 4 is 35.0 Å². The van der Waals surface area contributed by atoms with Gasteiger partial charge in [-0.2, -0.15) is 0 Å². The predicted molar refractivity (Wildman–Crippen MR) is 77.7 cm³/mol. The summed E-state index contributed by atoms with van der Waals surface area (Å²) >= 11 is 11.3. The van der Waals surface area contributed by atoms with Gasteiger partial charge in [0.2, 0.25) is 0 Å². The van der Waals surface area contributed by atoms with Crippen molar-refractivity contribution in [3.05, 3.63) is 22.1 Å². The number of rotatable bonds is 3. The minimum absolute atomic E-state index is 0.00529. The number of H-pyrrole nitrogens is 1. The fourth-order valence-electron chi connectivity index (χ4n) is 1.69. The second-order valence-corrected chi connectivity index (χ2v) is 6.07. The summed E-state index contributed by atoms with van der Waals surface area (Å²) in [4.78, 5) is 9.67. The van der Waals surface area contributed by atoms with E-state index in [0.717, 1.165) is 17.7 Å². The van der Waals surface area contributed by atoms with Crippen molar-refractivity contribution in [2.45, 2.75) is 25.9 Å². The van der Waals surface area contributed by atoms with E-state index in [9.17, 15) is 0 Å². The van der Waals surface area contributed by atoms with Crippen LogP contribution in [0.15, 0.2) is 12.3 Å². The minimum Gasteiger partial charge on any atom is -0.329 e. The molecular weight excluding hydrogens is 268 g/mol. The molecule has 0 aromatic carbocycles. The fraction of sp³-hybridized carbons (Fsp3) is 0.500. The zero-order valence-electron chi connectivity index (χ0n) is 11.0. The van der Waals surface area contributed by atoms with Gasteiger partial charge in [0.1, 0.15) is 0 Å². The molecule has 2 heterocycles. The number of aromatic amines is 1. The van der Waals surface area contributed by atoms with Crippen LogP contribution in [0.25, 0.3) is 11.2 Å². The van der Waals surface area contributed by atoms with E-state index in [0.29, 0.717) is 9.79 Å². The number of likely N-dealkylation sites (N-methyl/N-ethyl adjacent to an activating group) is 1. The van der Waals surface area contributed by atoms with Gasteiger partial charge in [0.15, 0.2) is 10.4 Å². The Bertz CT molecular complexity index is 627. The maximum absolute atomic E-state index is 5.93. The van der Waals surface area contributed by atoms with Crippen LogP contribution in [0.1, 0.15) is 13.8 Å². The SMILES string of the molecule is CN(C)C(C)(C)Cn1c(=S)[nH]c2cc(Cl)cnc21. The summed E-state index contributed by atoms with van der Waals surface area (Å²) in [5, 5.41) is 0.609. The summed E-state index contributed by atoms with van der Waals surface area (Å²) < 4.78 is 2.69. The Morgan fingerprint density at radius 2 is 2.17 bits per heavy atom. The molecule has 2 aromatic rings. The van der Waals surface area contributed by atoms with Crippen molar-refractivity contribution < 1.29 is 0 Å². The number of hydrogen-bond acceptors (Lipinski definition) is 3. The summed E-state index contributed by atoms with van der Waals surface area (Å²) in [6.07, 6.45) is 1.64. The molecule has 0 unspecified atom stereocenters. The van der Waals surface area contributed by atoms with Crippen LogP contribution in [-0.4, -0.2) is 39.1 Å². The van der Waals surface area contributed by atoms with Gasteiger partial charge in [-0.15, -0.1) is 0 Å². The van der Waals surface area contributed by atoms with Gasteiger partial charge in [0, 0.05) is 18.3 Å². The summed E-state index contributed by atoms with van der Waals surface area (Å²) in [5.74, 6) is 0. The minimum atomic E-state index is -0.00529. The molecule has 0 bridgehead atoms. The third-order valence-corrected chi connectivity index (χ3v) is 3.86. The lowest BCUT2D eigenvalue weighted by Crippen LogP contribution is -2.42. The van der Waals surface area contributed by atoms with E-state index in [2.05, 4.69) is 42.8 Å². The van der Waals surface area contributed by atoms with Gasteiger partial charge < -0.3 is 9.88 Å². The van der Waals surface area contributed by atoms with Gasteiger partial charge in [-0.3, -0.25) is 4.57 Å². The highest BCUT2D eigenvalue weighted by atomic mass is 35.5. The highest BCUT2D eigenvalue weighted by molar-refractivity contribution is 7.71. The molecule has 18 heavy (non-hydrogen) atoms. The van der Waals surface area contributed by atoms with E-state index < -0.39 is 0 Å². The molecule has 0 aliphatic heterocycles. The molecule has 0 saturated carbocycles. The van der Waals surface area contributed by atoms with E-state index >= 15 is 0 Å². The average Bonchev–Trinajstić information content (AvgIpc) is 2.54. The van der Waals surface area contributed by atoms with Crippen molar-refractivity contribution in [1.29, 1.82) is 0 Å². The number of halogens is 1. The van der Waals surface area contributed by atoms with Crippen LogP contribution in [0, 0.1) is 4.77 Å². The number of imidazole rings is 1.